The van der Waals surface area contributed by atoms with Crippen molar-refractivity contribution < 1.29 is 4.79 Å². The lowest BCUT2D eigenvalue weighted by atomic mass is 9.82. The third kappa shape index (κ3) is 4.45. The number of carbonyl (C=O) groups is 1. The third-order valence-electron chi connectivity index (χ3n) is 6.79. The van der Waals surface area contributed by atoms with E-state index < -0.39 is 5.54 Å². The number of benzene rings is 1. The SMILES string of the molecule is CCC(C)C1c2cc(C)ccc2CCN1C(=O)CNCC1(N=O)CCCCC1. The Hall–Kier alpha value is -1.75. The smallest absolute Gasteiger partial charge is 0.237 e. The fourth-order valence-electron chi connectivity index (χ4n) is 4.90. The number of nitrogens with zero attached hydrogens (tertiary/aromatic N) is 2. The average Bonchev–Trinajstić information content (AvgIpc) is 2.72. The van der Waals surface area contributed by atoms with Crippen LogP contribution in [0.15, 0.2) is 23.4 Å². The molecule has 1 saturated carbocycles. The van der Waals surface area contributed by atoms with Crippen LogP contribution in [0.25, 0.3) is 0 Å². The van der Waals surface area contributed by atoms with Crippen molar-refractivity contribution in [2.75, 3.05) is 19.6 Å². The van der Waals surface area contributed by atoms with E-state index in [2.05, 4.69) is 54.4 Å². The number of aryl methyl sites for hydroxylation is 1. The molecule has 5 nitrogen and oxygen atoms in total. The summed E-state index contributed by atoms with van der Waals surface area (Å²) in [6.45, 7) is 8.11. The normalized spacial score (nSPS) is 22.4. The molecule has 2 aliphatic rings. The molecule has 1 aromatic rings. The summed E-state index contributed by atoms with van der Waals surface area (Å²) in [4.78, 5) is 26.6. The Labute approximate surface area is 169 Å². The second-order valence-electron chi connectivity index (χ2n) is 8.85. The Bertz CT molecular complexity index is 697. The number of carbonyl (C=O) groups excluding carboxylic acids is 1. The Morgan fingerprint density at radius 2 is 2.07 bits per heavy atom. The van der Waals surface area contributed by atoms with Crippen molar-refractivity contribution in [2.24, 2.45) is 11.1 Å². The maximum Gasteiger partial charge on any atom is 0.237 e. The van der Waals surface area contributed by atoms with E-state index in [0.717, 1.165) is 45.1 Å². The molecule has 1 heterocycles. The number of hydrogen-bond acceptors (Lipinski definition) is 4. The average molecular weight is 386 g/mol. The van der Waals surface area contributed by atoms with Crippen molar-refractivity contribution in [1.29, 1.82) is 0 Å². The summed E-state index contributed by atoms with van der Waals surface area (Å²) in [5.74, 6) is 0.542. The van der Waals surface area contributed by atoms with Crippen LogP contribution in [0.3, 0.4) is 0 Å². The van der Waals surface area contributed by atoms with Crippen molar-refractivity contribution in [1.82, 2.24) is 10.2 Å². The largest absolute Gasteiger partial charge is 0.334 e. The number of amides is 1. The van der Waals surface area contributed by atoms with Gasteiger partial charge in [0.2, 0.25) is 5.91 Å². The Kier molecular flexibility index (Phi) is 6.86. The molecule has 0 saturated heterocycles. The van der Waals surface area contributed by atoms with Gasteiger partial charge in [0.25, 0.3) is 0 Å². The minimum absolute atomic E-state index is 0.134. The summed E-state index contributed by atoms with van der Waals surface area (Å²) in [7, 11) is 0. The summed E-state index contributed by atoms with van der Waals surface area (Å²) in [6.07, 6.45) is 6.91. The molecule has 154 valence electrons. The van der Waals surface area contributed by atoms with Crippen LogP contribution in [0.5, 0.6) is 0 Å². The van der Waals surface area contributed by atoms with Gasteiger partial charge in [0.15, 0.2) is 0 Å². The first kappa shape index (κ1) is 21.0. The molecule has 0 aromatic heterocycles. The molecule has 1 fully saturated rings. The van der Waals surface area contributed by atoms with Gasteiger partial charge < -0.3 is 10.2 Å². The highest BCUT2D eigenvalue weighted by Gasteiger charge is 2.35. The van der Waals surface area contributed by atoms with Crippen molar-refractivity contribution in [3.8, 4) is 0 Å². The standard InChI is InChI=1S/C23H35N3O2/c1-4-18(3)22-20-14-17(2)8-9-19(20)10-13-26(22)21(27)15-24-16-23(25-28)11-6-5-7-12-23/h8-9,14,18,22,24H,4-7,10-13,15-16H2,1-3H3. The number of nitrogens with one attached hydrogen (secondary N) is 1. The van der Waals surface area contributed by atoms with Gasteiger partial charge in [-0.05, 0) is 43.2 Å². The van der Waals surface area contributed by atoms with Gasteiger partial charge in [0.05, 0.1) is 12.6 Å². The first-order valence-corrected chi connectivity index (χ1v) is 10.9. The molecule has 1 amide bonds. The van der Waals surface area contributed by atoms with Gasteiger partial charge in [0, 0.05) is 13.1 Å². The Morgan fingerprint density at radius 1 is 1.32 bits per heavy atom. The van der Waals surface area contributed by atoms with Gasteiger partial charge in [-0.25, -0.2) is 0 Å². The lowest BCUT2D eigenvalue weighted by Crippen LogP contribution is -2.48. The molecule has 5 heteroatoms. The van der Waals surface area contributed by atoms with E-state index in [-0.39, 0.29) is 18.5 Å². The van der Waals surface area contributed by atoms with Crippen molar-refractivity contribution in [2.45, 2.75) is 77.3 Å². The van der Waals surface area contributed by atoms with Crippen molar-refractivity contribution in [3.63, 3.8) is 0 Å². The first-order chi connectivity index (χ1) is 13.5. The van der Waals surface area contributed by atoms with Crippen molar-refractivity contribution in [3.05, 3.63) is 39.8 Å². The van der Waals surface area contributed by atoms with Gasteiger partial charge in [0.1, 0.15) is 5.54 Å². The van der Waals surface area contributed by atoms with E-state index in [1.807, 2.05) is 0 Å². The molecular weight excluding hydrogens is 350 g/mol. The van der Waals surface area contributed by atoms with Crippen LogP contribution in [0.1, 0.15) is 75.1 Å². The first-order valence-electron chi connectivity index (χ1n) is 10.9. The molecule has 2 unspecified atom stereocenters. The van der Waals surface area contributed by atoms with Crippen LogP contribution in [-0.2, 0) is 11.2 Å². The van der Waals surface area contributed by atoms with Gasteiger partial charge in [-0.2, -0.15) is 4.91 Å². The van der Waals surface area contributed by atoms with Crippen LogP contribution in [0.4, 0.5) is 0 Å². The molecule has 3 rings (SSSR count). The zero-order valence-corrected chi connectivity index (χ0v) is 17.7. The minimum Gasteiger partial charge on any atom is -0.334 e. The van der Waals surface area contributed by atoms with Crippen LogP contribution in [0, 0.1) is 17.7 Å². The van der Waals surface area contributed by atoms with Gasteiger partial charge in [-0.1, -0.05) is 68.5 Å². The predicted molar refractivity (Wildman–Crippen MR) is 113 cm³/mol. The highest BCUT2D eigenvalue weighted by Crippen LogP contribution is 2.37. The fourth-order valence-corrected chi connectivity index (χ4v) is 4.90. The molecular formula is C23H35N3O2. The van der Waals surface area contributed by atoms with Gasteiger partial charge in [-0.3, -0.25) is 4.79 Å². The molecule has 0 bridgehead atoms. The van der Waals surface area contributed by atoms with Crippen LogP contribution < -0.4 is 5.32 Å². The van der Waals surface area contributed by atoms with Gasteiger partial charge >= 0.3 is 0 Å². The van der Waals surface area contributed by atoms with E-state index in [9.17, 15) is 9.70 Å². The van der Waals surface area contributed by atoms with E-state index in [1.54, 1.807) is 0 Å². The molecule has 2 atom stereocenters. The Morgan fingerprint density at radius 3 is 2.75 bits per heavy atom. The maximum atomic E-state index is 13.1. The maximum absolute atomic E-state index is 13.1. The zero-order valence-electron chi connectivity index (χ0n) is 17.7. The molecule has 0 spiro atoms. The number of fused-ring (bicyclic) bond motifs is 1. The summed E-state index contributed by atoms with van der Waals surface area (Å²) >= 11 is 0. The molecule has 1 aromatic carbocycles. The molecule has 28 heavy (non-hydrogen) atoms. The monoisotopic (exact) mass is 385 g/mol. The van der Waals surface area contributed by atoms with Crippen LogP contribution in [-0.4, -0.2) is 36.0 Å². The summed E-state index contributed by atoms with van der Waals surface area (Å²) in [6, 6.07) is 6.78. The van der Waals surface area contributed by atoms with E-state index >= 15 is 0 Å². The second kappa shape index (κ2) is 9.17. The molecule has 1 N–H and O–H groups in total. The summed E-state index contributed by atoms with van der Waals surface area (Å²) in [5, 5.41) is 6.72. The van der Waals surface area contributed by atoms with E-state index in [4.69, 9.17) is 0 Å². The number of nitroso groups, excluding NO2 is 1. The fraction of sp³-hybridized carbons (Fsp3) is 0.696. The highest BCUT2D eigenvalue weighted by molar-refractivity contribution is 5.79. The molecule has 1 aliphatic heterocycles. The summed E-state index contributed by atoms with van der Waals surface area (Å²) < 4.78 is 0. The topological polar surface area (TPSA) is 61.8 Å². The lowest BCUT2D eigenvalue weighted by Gasteiger charge is -2.41. The summed E-state index contributed by atoms with van der Waals surface area (Å²) in [5.41, 5.74) is 3.42. The van der Waals surface area contributed by atoms with Crippen LogP contribution >= 0.6 is 0 Å². The third-order valence-corrected chi connectivity index (χ3v) is 6.79. The van der Waals surface area contributed by atoms with E-state index in [1.165, 1.54) is 23.1 Å². The molecule has 0 radical (unpaired) electrons. The molecule has 1 aliphatic carbocycles. The van der Waals surface area contributed by atoms with E-state index in [0.29, 0.717) is 12.5 Å². The quantitative estimate of drug-likeness (QED) is 0.702. The zero-order chi connectivity index (χ0) is 20.1. The van der Waals surface area contributed by atoms with Gasteiger partial charge in [-0.15, -0.1) is 0 Å². The van der Waals surface area contributed by atoms with Crippen molar-refractivity contribution >= 4 is 5.91 Å². The Balaban J connectivity index is 1.68. The lowest BCUT2D eigenvalue weighted by molar-refractivity contribution is -0.134. The number of rotatable bonds is 7. The van der Waals surface area contributed by atoms with Crippen LogP contribution in [0.2, 0.25) is 0 Å². The minimum atomic E-state index is -0.514. The second-order valence-corrected chi connectivity index (χ2v) is 8.85. The predicted octanol–water partition coefficient (Wildman–Crippen LogP) is 4.53. The highest BCUT2D eigenvalue weighted by atomic mass is 16.3. The number of hydrogen-bond donors (Lipinski definition) is 1.